The van der Waals surface area contributed by atoms with Gasteiger partial charge in [-0.3, -0.25) is 9.69 Å². The van der Waals surface area contributed by atoms with Crippen LogP contribution in [0.3, 0.4) is 0 Å². The lowest BCUT2D eigenvalue weighted by Gasteiger charge is -2.24. The number of carbonyl (C=O) groups excluding carboxylic acids is 1. The minimum Gasteiger partial charge on any atom is -0.370 e. The highest BCUT2D eigenvalue weighted by Gasteiger charge is 2.46. The summed E-state index contributed by atoms with van der Waals surface area (Å²) < 4.78 is 5.33. The van der Waals surface area contributed by atoms with Crippen molar-refractivity contribution in [3.05, 3.63) is 47.6 Å². The molecule has 2 aliphatic heterocycles. The molecule has 3 atom stereocenters. The molecule has 24 heavy (non-hydrogen) atoms. The molecule has 0 saturated carbocycles. The van der Waals surface area contributed by atoms with Gasteiger partial charge in [0.2, 0.25) is 11.8 Å². The minimum absolute atomic E-state index is 0.245. The Morgan fingerprint density at radius 3 is 2.96 bits per heavy atom. The maximum Gasteiger partial charge on any atom is 0.227 e. The monoisotopic (exact) mass is 326 g/mol. The molecule has 0 radical (unpaired) electrons. The molecule has 0 spiro atoms. The fourth-order valence-electron chi connectivity index (χ4n) is 4.20. The predicted molar refractivity (Wildman–Crippen MR) is 88.1 cm³/mol. The Bertz CT molecular complexity index is 715. The zero-order chi connectivity index (χ0) is 16.5. The van der Waals surface area contributed by atoms with Crippen molar-refractivity contribution in [2.75, 3.05) is 6.54 Å². The Labute approximate surface area is 141 Å². The van der Waals surface area contributed by atoms with Gasteiger partial charge in [-0.15, -0.1) is 0 Å². The first-order valence-corrected chi connectivity index (χ1v) is 8.64. The molecule has 6 heteroatoms. The second kappa shape index (κ2) is 6.36. The zero-order valence-corrected chi connectivity index (χ0v) is 13.6. The number of rotatable bonds is 5. The van der Waals surface area contributed by atoms with Gasteiger partial charge in [-0.25, -0.2) is 0 Å². The van der Waals surface area contributed by atoms with E-state index in [-0.39, 0.29) is 12.3 Å². The normalized spacial score (nSPS) is 26.6. The molecule has 1 aromatic carbocycles. The molecule has 0 aliphatic carbocycles. The number of hydrogen-bond acceptors (Lipinski definition) is 5. The highest BCUT2D eigenvalue weighted by atomic mass is 16.5. The van der Waals surface area contributed by atoms with Crippen molar-refractivity contribution in [3.63, 3.8) is 0 Å². The maximum absolute atomic E-state index is 10.9. The highest BCUT2D eigenvalue weighted by Crippen LogP contribution is 2.48. The zero-order valence-electron chi connectivity index (χ0n) is 13.6. The van der Waals surface area contributed by atoms with E-state index in [1.807, 2.05) is 0 Å². The molecule has 3 heterocycles. The fourth-order valence-corrected chi connectivity index (χ4v) is 4.20. The molecule has 0 bridgehead atoms. The van der Waals surface area contributed by atoms with Crippen molar-refractivity contribution < 1.29 is 9.32 Å². The largest absolute Gasteiger partial charge is 0.370 e. The van der Waals surface area contributed by atoms with Crippen LogP contribution in [-0.4, -0.2) is 33.5 Å². The SMILES string of the molecule is NC(=O)CCc1nc([C@H]2C[C@@H](c3ccccc3)N3CCC[C@H]23)no1. The number of amides is 1. The number of benzene rings is 1. The molecule has 2 saturated heterocycles. The van der Waals surface area contributed by atoms with E-state index in [0.717, 1.165) is 18.8 Å². The quantitative estimate of drug-likeness (QED) is 0.910. The molecular weight excluding hydrogens is 304 g/mol. The van der Waals surface area contributed by atoms with Gasteiger partial charge < -0.3 is 10.3 Å². The summed E-state index contributed by atoms with van der Waals surface area (Å²) in [5.41, 5.74) is 6.55. The van der Waals surface area contributed by atoms with Gasteiger partial charge in [0.1, 0.15) is 0 Å². The molecule has 0 unspecified atom stereocenters. The molecule has 2 aromatic rings. The summed E-state index contributed by atoms with van der Waals surface area (Å²) >= 11 is 0. The number of primary amides is 1. The average Bonchev–Trinajstić information content (AvgIpc) is 3.29. The third-order valence-corrected chi connectivity index (χ3v) is 5.27. The maximum atomic E-state index is 10.9. The molecule has 126 valence electrons. The topological polar surface area (TPSA) is 85.3 Å². The Morgan fingerprint density at radius 2 is 2.17 bits per heavy atom. The van der Waals surface area contributed by atoms with Gasteiger partial charge in [-0.2, -0.15) is 4.98 Å². The van der Waals surface area contributed by atoms with Crippen LogP contribution in [-0.2, 0) is 11.2 Å². The lowest BCUT2D eigenvalue weighted by Crippen LogP contribution is -2.27. The van der Waals surface area contributed by atoms with Gasteiger partial charge in [-0.05, 0) is 31.4 Å². The average molecular weight is 326 g/mol. The van der Waals surface area contributed by atoms with Crippen molar-refractivity contribution >= 4 is 5.91 Å². The third kappa shape index (κ3) is 2.82. The number of nitrogens with zero attached hydrogens (tertiary/aromatic N) is 3. The molecule has 2 aliphatic rings. The summed E-state index contributed by atoms with van der Waals surface area (Å²) in [5, 5.41) is 4.20. The Morgan fingerprint density at radius 1 is 1.33 bits per heavy atom. The van der Waals surface area contributed by atoms with Gasteiger partial charge in [-0.1, -0.05) is 35.5 Å². The number of carbonyl (C=O) groups is 1. The van der Waals surface area contributed by atoms with Crippen LogP contribution >= 0.6 is 0 Å². The lowest BCUT2D eigenvalue weighted by atomic mass is 9.94. The second-order valence-corrected chi connectivity index (χ2v) is 6.73. The Balaban J connectivity index is 1.54. The third-order valence-electron chi connectivity index (χ3n) is 5.27. The van der Waals surface area contributed by atoms with Gasteiger partial charge in [0.15, 0.2) is 5.82 Å². The van der Waals surface area contributed by atoms with E-state index < -0.39 is 0 Å². The van der Waals surface area contributed by atoms with E-state index in [4.69, 9.17) is 10.3 Å². The summed E-state index contributed by atoms with van der Waals surface area (Å²) in [4.78, 5) is 18.0. The van der Waals surface area contributed by atoms with Gasteiger partial charge >= 0.3 is 0 Å². The number of nitrogens with two attached hydrogens (primary N) is 1. The van der Waals surface area contributed by atoms with Crippen molar-refractivity contribution in [2.45, 2.75) is 50.1 Å². The van der Waals surface area contributed by atoms with Crippen LogP contribution in [0.1, 0.15) is 54.9 Å². The Hall–Kier alpha value is -2.21. The second-order valence-electron chi connectivity index (χ2n) is 6.73. The summed E-state index contributed by atoms with van der Waals surface area (Å²) in [6.45, 7) is 1.13. The van der Waals surface area contributed by atoms with Crippen LogP contribution in [0.15, 0.2) is 34.9 Å². The van der Waals surface area contributed by atoms with E-state index in [9.17, 15) is 4.79 Å². The van der Waals surface area contributed by atoms with Crippen LogP contribution in [0, 0.1) is 0 Å². The number of fused-ring (bicyclic) bond motifs is 1. The first-order chi connectivity index (χ1) is 11.7. The van der Waals surface area contributed by atoms with Crippen molar-refractivity contribution in [1.29, 1.82) is 0 Å². The molecular formula is C18H22N4O2. The smallest absolute Gasteiger partial charge is 0.227 e. The van der Waals surface area contributed by atoms with Gasteiger partial charge in [0, 0.05) is 30.8 Å². The van der Waals surface area contributed by atoms with E-state index in [2.05, 4.69) is 45.4 Å². The molecule has 6 nitrogen and oxygen atoms in total. The van der Waals surface area contributed by atoms with E-state index >= 15 is 0 Å². The molecule has 1 amide bonds. The van der Waals surface area contributed by atoms with Crippen LogP contribution in [0.4, 0.5) is 0 Å². The Kier molecular flexibility index (Phi) is 4.06. The summed E-state index contributed by atoms with van der Waals surface area (Å²) in [5.74, 6) is 1.24. The van der Waals surface area contributed by atoms with Crippen molar-refractivity contribution in [2.24, 2.45) is 5.73 Å². The van der Waals surface area contributed by atoms with E-state index in [0.29, 0.717) is 30.3 Å². The number of hydrogen-bond donors (Lipinski definition) is 1. The first kappa shape index (κ1) is 15.3. The molecule has 1 aromatic heterocycles. The van der Waals surface area contributed by atoms with Gasteiger partial charge in [0.05, 0.1) is 0 Å². The minimum atomic E-state index is -0.346. The first-order valence-electron chi connectivity index (χ1n) is 8.64. The summed E-state index contributed by atoms with van der Waals surface area (Å²) in [6, 6.07) is 11.6. The molecule has 2 N–H and O–H groups in total. The lowest BCUT2D eigenvalue weighted by molar-refractivity contribution is -0.118. The van der Waals surface area contributed by atoms with Crippen LogP contribution in [0.2, 0.25) is 0 Å². The van der Waals surface area contributed by atoms with Gasteiger partial charge in [0.25, 0.3) is 0 Å². The highest BCUT2D eigenvalue weighted by molar-refractivity contribution is 5.73. The molecule has 2 fully saturated rings. The van der Waals surface area contributed by atoms with Crippen LogP contribution in [0.5, 0.6) is 0 Å². The van der Waals surface area contributed by atoms with E-state index in [1.54, 1.807) is 0 Å². The standard InChI is InChI=1S/C18H22N4O2/c19-16(23)8-9-17-20-18(21-24-17)13-11-15(12-5-2-1-3-6-12)22-10-4-7-14(13)22/h1-3,5-6,13-15H,4,7-11H2,(H2,19,23)/t13-,14+,15-/m0/s1. The summed E-state index contributed by atoms with van der Waals surface area (Å²) in [6.07, 6.45) is 4.08. The fraction of sp³-hybridized carbons (Fsp3) is 0.500. The van der Waals surface area contributed by atoms with Crippen molar-refractivity contribution in [1.82, 2.24) is 15.0 Å². The number of aryl methyl sites for hydroxylation is 1. The van der Waals surface area contributed by atoms with E-state index in [1.165, 1.54) is 18.4 Å². The predicted octanol–water partition coefficient (Wildman–Crippen LogP) is 2.18. The molecule has 4 rings (SSSR count). The summed E-state index contributed by atoms with van der Waals surface area (Å²) in [7, 11) is 0. The van der Waals surface area contributed by atoms with Crippen LogP contribution < -0.4 is 5.73 Å². The van der Waals surface area contributed by atoms with Crippen molar-refractivity contribution in [3.8, 4) is 0 Å². The number of aromatic nitrogens is 2. The van der Waals surface area contributed by atoms with Crippen LogP contribution in [0.25, 0.3) is 0 Å².